The van der Waals surface area contributed by atoms with Gasteiger partial charge in [-0.15, -0.1) is 0 Å². The molecular formula is C15H18N2O3. The van der Waals surface area contributed by atoms with E-state index in [2.05, 4.69) is 5.10 Å². The molecule has 5 nitrogen and oxygen atoms in total. The van der Waals surface area contributed by atoms with Gasteiger partial charge < -0.3 is 9.47 Å². The van der Waals surface area contributed by atoms with Crippen LogP contribution < -0.4 is 9.47 Å². The van der Waals surface area contributed by atoms with Gasteiger partial charge in [0, 0.05) is 13.5 Å². The van der Waals surface area contributed by atoms with Gasteiger partial charge in [0.1, 0.15) is 11.4 Å². The van der Waals surface area contributed by atoms with Gasteiger partial charge in [-0.3, -0.25) is 9.48 Å². The van der Waals surface area contributed by atoms with Crippen LogP contribution in [-0.2, 0) is 7.05 Å². The quantitative estimate of drug-likeness (QED) is 0.759. The molecule has 20 heavy (non-hydrogen) atoms. The van der Waals surface area contributed by atoms with Crippen molar-refractivity contribution < 1.29 is 14.3 Å². The molecule has 106 valence electrons. The Balaban J connectivity index is 1.94. The number of aromatic nitrogens is 2. The van der Waals surface area contributed by atoms with Gasteiger partial charge in [-0.25, -0.2) is 0 Å². The molecule has 0 spiro atoms. The van der Waals surface area contributed by atoms with Gasteiger partial charge in [0.2, 0.25) is 0 Å². The molecule has 2 rings (SSSR count). The monoisotopic (exact) mass is 274 g/mol. The number of benzene rings is 1. The Hall–Kier alpha value is -2.30. The average Bonchev–Trinajstić information content (AvgIpc) is 2.80. The van der Waals surface area contributed by atoms with Crippen LogP contribution in [0.1, 0.15) is 22.5 Å². The lowest BCUT2D eigenvalue weighted by Gasteiger charge is -2.07. The van der Waals surface area contributed by atoms with Gasteiger partial charge in [-0.2, -0.15) is 5.10 Å². The molecule has 0 saturated carbocycles. The Bertz CT molecular complexity index is 605. The molecule has 0 saturated heterocycles. The zero-order valence-corrected chi connectivity index (χ0v) is 11.9. The van der Waals surface area contributed by atoms with Crippen LogP contribution in [0.2, 0.25) is 0 Å². The average molecular weight is 274 g/mol. The van der Waals surface area contributed by atoms with Crippen LogP contribution in [0.4, 0.5) is 0 Å². The predicted octanol–water partition coefficient (Wildman–Crippen LogP) is 2.39. The second-order valence-corrected chi connectivity index (χ2v) is 4.52. The maximum absolute atomic E-state index is 12.1. The van der Waals surface area contributed by atoms with E-state index in [0.717, 1.165) is 11.3 Å². The number of ketones is 1. The number of ether oxygens (including phenoxy) is 2. The molecule has 1 aromatic carbocycles. The fourth-order valence-electron chi connectivity index (χ4n) is 1.97. The van der Waals surface area contributed by atoms with Crippen molar-refractivity contribution in [2.45, 2.75) is 13.3 Å². The minimum atomic E-state index is -0.0468. The molecule has 0 unspecified atom stereocenters. The first-order chi connectivity index (χ1) is 9.61. The van der Waals surface area contributed by atoms with Crippen molar-refractivity contribution in [2.75, 3.05) is 13.7 Å². The van der Waals surface area contributed by atoms with Crippen LogP contribution in [0, 0.1) is 6.92 Å². The highest BCUT2D eigenvalue weighted by molar-refractivity contribution is 5.97. The third-order valence-electron chi connectivity index (χ3n) is 2.98. The van der Waals surface area contributed by atoms with Gasteiger partial charge in [0.15, 0.2) is 11.5 Å². The van der Waals surface area contributed by atoms with E-state index in [1.807, 2.05) is 31.2 Å². The summed E-state index contributed by atoms with van der Waals surface area (Å²) < 4.78 is 12.2. The zero-order valence-electron chi connectivity index (χ0n) is 11.9. The van der Waals surface area contributed by atoms with Gasteiger partial charge in [-0.1, -0.05) is 12.1 Å². The van der Waals surface area contributed by atoms with E-state index in [-0.39, 0.29) is 12.2 Å². The summed E-state index contributed by atoms with van der Waals surface area (Å²) in [5.74, 6) is 1.22. The first kappa shape index (κ1) is 14.1. The molecule has 2 aromatic rings. The van der Waals surface area contributed by atoms with Crippen molar-refractivity contribution in [3.8, 4) is 11.5 Å². The van der Waals surface area contributed by atoms with E-state index in [1.54, 1.807) is 7.05 Å². The van der Waals surface area contributed by atoms with Crippen molar-refractivity contribution in [3.05, 3.63) is 41.7 Å². The van der Waals surface area contributed by atoms with Gasteiger partial charge in [-0.05, 0) is 24.6 Å². The lowest BCUT2D eigenvalue weighted by Crippen LogP contribution is -2.12. The van der Waals surface area contributed by atoms with E-state index < -0.39 is 0 Å². The Kier molecular flexibility index (Phi) is 4.40. The van der Waals surface area contributed by atoms with Crippen LogP contribution in [0.15, 0.2) is 30.5 Å². The van der Waals surface area contributed by atoms with E-state index in [0.29, 0.717) is 18.1 Å². The van der Waals surface area contributed by atoms with Crippen LogP contribution >= 0.6 is 0 Å². The Labute approximate surface area is 118 Å². The van der Waals surface area contributed by atoms with Crippen LogP contribution in [0.5, 0.6) is 11.5 Å². The summed E-state index contributed by atoms with van der Waals surface area (Å²) in [6, 6.07) is 7.74. The number of hydrogen-bond donors (Lipinski definition) is 0. The maximum Gasteiger partial charge on any atom is 0.188 e. The molecule has 1 aromatic heterocycles. The fraction of sp³-hybridized carbons (Fsp3) is 0.333. The Morgan fingerprint density at radius 1 is 1.40 bits per heavy atom. The highest BCUT2D eigenvalue weighted by atomic mass is 16.5. The maximum atomic E-state index is 12.1. The van der Waals surface area contributed by atoms with Gasteiger partial charge in [0.25, 0.3) is 0 Å². The number of rotatable bonds is 6. The standard InChI is InChI=1S/C15H18N2O3/c1-11-5-4-6-12(9-11)20-8-7-13(18)15-14(19-3)10-16-17(15)2/h4-6,9-10H,7-8H2,1-3H3. The normalized spacial score (nSPS) is 10.3. The van der Waals surface area contributed by atoms with E-state index in [9.17, 15) is 4.79 Å². The Morgan fingerprint density at radius 2 is 2.20 bits per heavy atom. The SMILES string of the molecule is COc1cnn(C)c1C(=O)CCOc1cccc(C)c1. The number of nitrogens with zero attached hydrogens (tertiary/aromatic N) is 2. The summed E-state index contributed by atoms with van der Waals surface area (Å²) in [6.07, 6.45) is 1.82. The number of hydrogen-bond acceptors (Lipinski definition) is 4. The van der Waals surface area contributed by atoms with Crippen molar-refractivity contribution in [2.24, 2.45) is 7.05 Å². The number of methoxy groups -OCH3 is 1. The Morgan fingerprint density at radius 3 is 2.90 bits per heavy atom. The molecule has 0 bridgehead atoms. The molecule has 0 N–H and O–H groups in total. The zero-order chi connectivity index (χ0) is 14.5. The van der Waals surface area contributed by atoms with Crippen molar-refractivity contribution in [3.63, 3.8) is 0 Å². The van der Waals surface area contributed by atoms with Crippen molar-refractivity contribution in [1.29, 1.82) is 0 Å². The first-order valence-corrected chi connectivity index (χ1v) is 6.40. The number of aryl methyl sites for hydroxylation is 2. The highest BCUT2D eigenvalue weighted by Crippen LogP contribution is 2.19. The lowest BCUT2D eigenvalue weighted by molar-refractivity contribution is 0.0950. The highest BCUT2D eigenvalue weighted by Gasteiger charge is 2.17. The molecule has 0 radical (unpaired) electrons. The first-order valence-electron chi connectivity index (χ1n) is 6.40. The second kappa shape index (κ2) is 6.23. The molecule has 0 aliphatic carbocycles. The van der Waals surface area contributed by atoms with Gasteiger partial charge in [0.05, 0.1) is 19.9 Å². The van der Waals surface area contributed by atoms with E-state index >= 15 is 0 Å². The van der Waals surface area contributed by atoms with Crippen LogP contribution in [0.25, 0.3) is 0 Å². The van der Waals surface area contributed by atoms with Crippen LogP contribution in [0.3, 0.4) is 0 Å². The number of Topliss-reactive ketones (excluding diaryl/α,β-unsaturated/α-hetero) is 1. The molecule has 0 atom stereocenters. The lowest BCUT2D eigenvalue weighted by atomic mass is 10.2. The largest absolute Gasteiger partial charge is 0.493 e. The smallest absolute Gasteiger partial charge is 0.188 e. The summed E-state index contributed by atoms with van der Waals surface area (Å²) in [7, 11) is 3.24. The summed E-state index contributed by atoms with van der Waals surface area (Å²) >= 11 is 0. The van der Waals surface area contributed by atoms with E-state index in [4.69, 9.17) is 9.47 Å². The summed E-state index contributed by atoms with van der Waals surface area (Å²) in [6.45, 7) is 2.33. The van der Waals surface area contributed by atoms with Gasteiger partial charge >= 0.3 is 0 Å². The molecule has 0 aliphatic heterocycles. The molecule has 0 amide bonds. The molecule has 0 fully saturated rings. The van der Waals surface area contributed by atoms with E-state index in [1.165, 1.54) is 18.0 Å². The number of carbonyl (C=O) groups excluding carboxylic acids is 1. The van der Waals surface area contributed by atoms with Crippen molar-refractivity contribution in [1.82, 2.24) is 9.78 Å². The third kappa shape index (κ3) is 3.17. The summed E-state index contributed by atoms with van der Waals surface area (Å²) in [4.78, 5) is 12.1. The molecular weight excluding hydrogens is 256 g/mol. The number of carbonyl (C=O) groups is 1. The molecule has 5 heteroatoms. The fourth-order valence-corrected chi connectivity index (χ4v) is 1.97. The predicted molar refractivity (Wildman–Crippen MR) is 75.4 cm³/mol. The second-order valence-electron chi connectivity index (χ2n) is 4.52. The van der Waals surface area contributed by atoms with Crippen molar-refractivity contribution >= 4 is 5.78 Å². The minimum Gasteiger partial charge on any atom is -0.493 e. The minimum absolute atomic E-state index is 0.0468. The van der Waals surface area contributed by atoms with Crippen LogP contribution in [-0.4, -0.2) is 29.3 Å². The third-order valence-corrected chi connectivity index (χ3v) is 2.98. The molecule has 1 heterocycles. The topological polar surface area (TPSA) is 53.4 Å². The molecule has 0 aliphatic rings. The summed E-state index contributed by atoms with van der Waals surface area (Å²) in [5, 5.41) is 4.02. The summed E-state index contributed by atoms with van der Waals surface area (Å²) in [5.41, 5.74) is 1.60.